The number of carboxylic acids is 1. The predicted molar refractivity (Wildman–Crippen MR) is 108 cm³/mol. The van der Waals surface area contributed by atoms with Crippen molar-refractivity contribution in [3.63, 3.8) is 0 Å². The number of rotatable bonds is 7. The number of carbonyl (C=O) groups is 1. The minimum absolute atomic E-state index is 0.0321. The van der Waals surface area contributed by atoms with Crippen molar-refractivity contribution in [2.75, 3.05) is 32.7 Å². The number of sulfonamides is 1. The Labute approximate surface area is 170 Å². The lowest BCUT2D eigenvalue weighted by molar-refractivity contribution is -0.136. The molecule has 1 aliphatic heterocycles. The zero-order chi connectivity index (χ0) is 20.1. The van der Waals surface area contributed by atoms with Crippen LogP contribution in [0, 0.1) is 0 Å². The maximum absolute atomic E-state index is 12.7. The van der Waals surface area contributed by atoms with Crippen LogP contribution in [0.4, 0.5) is 0 Å². The van der Waals surface area contributed by atoms with Crippen molar-refractivity contribution in [2.45, 2.75) is 17.7 Å². The summed E-state index contributed by atoms with van der Waals surface area (Å²) in [5.74, 6) is -0.834. The van der Waals surface area contributed by atoms with E-state index in [2.05, 4.69) is 4.90 Å². The second-order valence-electron chi connectivity index (χ2n) is 6.84. The summed E-state index contributed by atoms with van der Waals surface area (Å²) in [5, 5.41) is 9.33. The maximum Gasteiger partial charge on any atom is 0.307 e. The average Bonchev–Trinajstić information content (AvgIpc) is 2.68. The molecule has 150 valence electrons. The molecule has 0 saturated carbocycles. The Hall–Kier alpha value is -1.93. The lowest BCUT2D eigenvalue weighted by Gasteiger charge is -2.34. The van der Waals surface area contributed by atoms with E-state index in [1.165, 1.54) is 16.4 Å². The zero-order valence-corrected chi connectivity index (χ0v) is 17.0. The van der Waals surface area contributed by atoms with Gasteiger partial charge in [-0.2, -0.15) is 4.31 Å². The Morgan fingerprint density at radius 1 is 0.929 bits per heavy atom. The number of hydrogen-bond acceptors (Lipinski definition) is 4. The lowest BCUT2D eigenvalue weighted by atomic mass is 10.1. The fourth-order valence-electron chi connectivity index (χ4n) is 3.23. The van der Waals surface area contributed by atoms with Crippen molar-refractivity contribution in [1.82, 2.24) is 9.21 Å². The van der Waals surface area contributed by atoms with E-state index in [1.807, 2.05) is 24.3 Å². The molecule has 28 heavy (non-hydrogen) atoms. The van der Waals surface area contributed by atoms with Gasteiger partial charge in [0.05, 0.1) is 11.3 Å². The highest BCUT2D eigenvalue weighted by Gasteiger charge is 2.28. The summed E-state index contributed by atoms with van der Waals surface area (Å²) in [4.78, 5) is 13.2. The molecule has 0 aromatic heterocycles. The minimum Gasteiger partial charge on any atom is -0.481 e. The fraction of sp³-hybridized carbons (Fsp3) is 0.350. The van der Waals surface area contributed by atoms with Crippen LogP contribution in [-0.2, 0) is 27.7 Å². The van der Waals surface area contributed by atoms with Crippen LogP contribution >= 0.6 is 11.6 Å². The molecule has 1 heterocycles. The van der Waals surface area contributed by atoms with Crippen LogP contribution in [0.25, 0.3) is 0 Å². The average molecular weight is 423 g/mol. The number of benzene rings is 2. The number of aliphatic carboxylic acids is 1. The number of carboxylic acid groups (broad SMARTS) is 1. The van der Waals surface area contributed by atoms with Crippen LogP contribution in [0.3, 0.4) is 0 Å². The normalized spacial score (nSPS) is 16.2. The van der Waals surface area contributed by atoms with Gasteiger partial charge in [0.1, 0.15) is 0 Å². The van der Waals surface area contributed by atoms with E-state index in [0.717, 1.165) is 24.1 Å². The van der Waals surface area contributed by atoms with Crippen LogP contribution in [0.1, 0.15) is 11.1 Å². The third-order valence-corrected chi connectivity index (χ3v) is 7.04. The molecule has 3 rings (SSSR count). The van der Waals surface area contributed by atoms with Crippen molar-refractivity contribution < 1.29 is 18.3 Å². The zero-order valence-electron chi connectivity index (χ0n) is 15.4. The summed E-state index contributed by atoms with van der Waals surface area (Å²) in [6, 6.07) is 13.9. The van der Waals surface area contributed by atoms with E-state index in [0.29, 0.717) is 31.2 Å². The Balaban J connectivity index is 1.50. The second-order valence-corrected chi connectivity index (χ2v) is 9.21. The molecule has 0 radical (unpaired) electrons. The molecule has 1 aliphatic rings. The molecule has 0 unspecified atom stereocenters. The molecule has 2 aromatic carbocycles. The van der Waals surface area contributed by atoms with Gasteiger partial charge in [-0.1, -0.05) is 35.9 Å². The Bertz CT molecular complexity index is 906. The largest absolute Gasteiger partial charge is 0.481 e. The molecule has 6 nitrogen and oxygen atoms in total. The van der Waals surface area contributed by atoms with Gasteiger partial charge >= 0.3 is 5.97 Å². The Kier molecular flexibility index (Phi) is 6.72. The van der Waals surface area contributed by atoms with Gasteiger partial charge in [-0.15, -0.1) is 0 Å². The first kappa shape index (κ1) is 20.8. The fourth-order valence-corrected chi connectivity index (χ4v) is 4.78. The highest BCUT2D eigenvalue weighted by atomic mass is 35.5. The summed E-state index contributed by atoms with van der Waals surface area (Å²) >= 11 is 5.84. The highest BCUT2D eigenvalue weighted by Crippen LogP contribution is 2.20. The van der Waals surface area contributed by atoms with Crippen molar-refractivity contribution in [3.8, 4) is 0 Å². The smallest absolute Gasteiger partial charge is 0.307 e. The Morgan fingerprint density at radius 2 is 1.50 bits per heavy atom. The summed E-state index contributed by atoms with van der Waals surface area (Å²) in [5.41, 5.74) is 1.93. The molecule has 0 bridgehead atoms. The number of hydrogen-bond donors (Lipinski definition) is 1. The molecule has 1 N–H and O–H groups in total. The van der Waals surface area contributed by atoms with Crippen LogP contribution in [0.15, 0.2) is 53.4 Å². The number of nitrogens with zero attached hydrogens (tertiary/aromatic N) is 2. The monoisotopic (exact) mass is 422 g/mol. The van der Waals surface area contributed by atoms with Gasteiger partial charge in [0.25, 0.3) is 0 Å². The van der Waals surface area contributed by atoms with Gasteiger partial charge in [-0.05, 0) is 41.8 Å². The van der Waals surface area contributed by atoms with Gasteiger partial charge in [0.2, 0.25) is 10.0 Å². The van der Waals surface area contributed by atoms with E-state index < -0.39 is 16.0 Å². The summed E-state index contributed by atoms with van der Waals surface area (Å²) in [7, 11) is -3.48. The van der Waals surface area contributed by atoms with Gasteiger partial charge in [-0.3, -0.25) is 4.79 Å². The van der Waals surface area contributed by atoms with E-state index in [-0.39, 0.29) is 11.3 Å². The van der Waals surface area contributed by atoms with Gasteiger partial charge < -0.3 is 10.0 Å². The Morgan fingerprint density at radius 3 is 2.07 bits per heavy atom. The van der Waals surface area contributed by atoms with Gasteiger partial charge in [0, 0.05) is 37.7 Å². The summed E-state index contributed by atoms with van der Waals surface area (Å²) in [6.07, 6.45) is 0.877. The lowest BCUT2D eigenvalue weighted by Crippen LogP contribution is -2.48. The first-order valence-electron chi connectivity index (χ1n) is 9.12. The third-order valence-electron chi connectivity index (χ3n) is 4.88. The topological polar surface area (TPSA) is 77.9 Å². The molecule has 2 aromatic rings. The first-order valence-corrected chi connectivity index (χ1v) is 10.9. The molecule has 1 saturated heterocycles. The van der Waals surface area contributed by atoms with Crippen LogP contribution in [-0.4, -0.2) is 61.4 Å². The second kappa shape index (κ2) is 9.05. The summed E-state index contributed by atoms with van der Waals surface area (Å²) in [6.45, 7) is 3.13. The van der Waals surface area contributed by atoms with Crippen molar-refractivity contribution in [1.29, 1.82) is 0 Å². The molecule has 8 heteroatoms. The molecule has 1 fully saturated rings. The molecule has 0 atom stereocenters. The molecule has 0 aliphatic carbocycles. The van der Waals surface area contributed by atoms with Crippen LogP contribution < -0.4 is 0 Å². The number of halogens is 1. The molecule has 0 spiro atoms. The van der Waals surface area contributed by atoms with Gasteiger partial charge in [-0.25, -0.2) is 8.42 Å². The summed E-state index contributed by atoms with van der Waals surface area (Å²) < 4.78 is 27.0. The standard InChI is InChI=1S/C20H23ClN2O4S/c21-18-5-7-19(8-6-18)28(26,27)23-13-11-22(12-14-23)10-9-16-1-3-17(4-2-16)15-20(24)25/h1-8H,9-15H2,(H,24,25). The molecular weight excluding hydrogens is 400 g/mol. The van der Waals surface area contributed by atoms with Crippen LogP contribution in [0.2, 0.25) is 5.02 Å². The third kappa shape index (κ3) is 5.32. The van der Waals surface area contributed by atoms with E-state index in [4.69, 9.17) is 16.7 Å². The van der Waals surface area contributed by atoms with Crippen molar-refractivity contribution >= 4 is 27.6 Å². The highest BCUT2D eigenvalue weighted by molar-refractivity contribution is 7.89. The van der Waals surface area contributed by atoms with E-state index in [1.54, 1.807) is 12.1 Å². The van der Waals surface area contributed by atoms with Crippen molar-refractivity contribution in [3.05, 3.63) is 64.7 Å². The van der Waals surface area contributed by atoms with Gasteiger partial charge in [0.15, 0.2) is 0 Å². The quantitative estimate of drug-likeness (QED) is 0.741. The van der Waals surface area contributed by atoms with Crippen molar-refractivity contribution in [2.24, 2.45) is 0 Å². The first-order chi connectivity index (χ1) is 13.3. The maximum atomic E-state index is 12.7. The van der Waals surface area contributed by atoms with Crippen LogP contribution in [0.5, 0.6) is 0 Å². The molecule has 0 amide bonds. The van der Waals surface area contributed by atoms with E-state index in [9.17, 15) is 13.2 Å². The minimum atomic E-state index is -3.48. The van der Waals surface area contributed by atoms with E-state index >= 15 is 0 Å². The molecular formula is C20H23ClN2O4S. The number of piperazine rings is 1. The SMILES string of the molecule is O=C(O)Cc1ccc(CCN2CCN(S(=O)(=O)c3ccc(Cl)cc3)CC2)cc1. The predicted octanol–water partition coefficient (Wildman–Crippen LogP) is 2.52.